The summed E-state index contributed by atoms with van der Waals surface area (Å²) in [5.41, 5.74) is 2.46. The van der Waals surface area contributed by atoms with Gasteiger partial charge in [0.15, 0.2) is 5.96 Å². The van der Waals surface area contributed by atoms with Crippen LogP contribution in [0.25, 0.3) is 0 Å². The normalized spacial score (nSPS) is 12.9. The number of aliphatic imine (C=N–C) groups is 1. The van der Waals surface area contributed by atoms with Crippen molar-refractivity contribution in [2.75, 3.05) is 27.2 Å². The Hall–Kier alpha value is -2.27. The predicted molar refractivity (Wildman–Crippen MR) is 104 cm³/mol. The van der Waals surface area contributed by atoms with Gasteiger partial charge in [-0.2, -0.15) is 0 Å². The first-order valence-corrected chi connectivity index (χ1v) is 8.73. The number of benzene rings is 1. The van der Waals surface area contributed by atoms with E-state index >= 15 is 0 Å². The summed E-state index contributed by atoms with van der Waals surface area (Å²) >= 11 is 0. The molecule has 0 saturated carbocycles. The monoisotopic (exact) mass is 342 g/mol. The summed E-state index contributed by atoms with van der Waals surface area (Å²) in [6.07, 6.45) is 2.06. The van der Waals surface area contributed by atoms with Gasteiger partial charge in [-0.05, 0) is 23.6 Å². The number of guanidine groups is 1. The van der Waals surface area contributed by atoms with Crippen LogP contribution in [0.5, 0.6) is 0 Å². The van der Waals surface area contributed by atoms with E-state index < -0.39 is 0 Å². The van der Waals surface area contributed by atoms with Crippen LogP contribution in [0.15, 0.2) is 53.7 Å². The highest BCUT2D eigenvalue weighted by Gasteiger charge is 2.10. The fourth-order valence-corrected chi connectivity index (χ4v) is 2.64. The third-order valence-electron chi connectivity index (χ3n) is 4.15. The van der Waals surface area contributed by atoms with Gasteiger partial charge in [-0.1, -0.05) is 37.3 Å². The van der Waals surface area contributed by atoms with Gasteiger partial charge in [0, 0.05) is 39.6 Å². The number of nitrogens with one attached hydrogen (secondary N) is 1. The number of ether oxygens (including phenoxy) is 1. The molecule has 0 aliphatic rings. The first-order chi connectivity index (χ1) is 12.1. The van der Waals surface area contributed by atoms with Crippen molar-refractivity contribution < 1.29 is 4.74 Å². The maximum atomic E-state index is 5.81. The van der Waals surface area contributed by atoms with Gasteiger partial charge in [0.2, 0.25) is 0 Å². The largest absolute Gasteiger partial charge is 0.376 e. The molecule has 0 fully saturated rings. The van der Waals surface area contributed by atoms with Crippen molar-refractivity contribution in [1.82, 2.24) is 14.8 Å². The van der Waals surface area contributed by atoms with E-state index in [2.05, 4.69) is 71.3 Å². The van der Waals surface area contributed by atoms with E-state index in [1.54, 1.807) is 0 Å². The van der Waals surface area contributed by atoms with E-state index in [1.807, 2.05) is 25.2 Å². The van der Waals surface area contributed by atoms with Crippen LogP contribution >= 0.6 is 0 Å². The molecule has 1 atom stereocenters. The van der Waals surface area contributed by atoms with E-state index in [4.69, 9.17) is 4.74 Å². The summed E-state index contributed by atoms with van der Waals surface area (Å²) in [4.78, 5) is 6.51. The Bertz CT molecular complexity index is 651. The highest BCUT2D eigenvalue weighted by atomic mass is 16.5. The van der Waals surface area contributed by atoms with Crippen molar-refractivity contribution in [1.29, 1.82) is 0 Å². The van der Waals surface area contributed by atoms with Crippen LogP contribution in [-0.2, 0) is 24.9 Å². The second-order valence-electron chi connectivity index (χ2n) is 6.50. The minimum absolute atomic E-state index is 0.406. The van der Waals surface area contributed by atoms with E-state index in [-0.39, 0.29) is 0 Å². The zero-order valence-electron chi connectivity index (χ0n) is 15.8. The van der Waals surface area contributed by atoms with Crippen LogP contribution in [0, 0.1) is 5.92 Å². The SMILES string of the molecule is CN=C(NCC(C)COCc1ccccc1)N(C)Cc1cccn1C. The van der Waals surface area contributed by atoms with E-state index in [9.17, 15) is 0 Å². The average Bonchev–Trinajstić information content (AvgIpc) is 3.01. The van der Waals surface area contributed by atoms with Crippen molar-refractivity contribution in [3.63, 3.8) is 0 Å². The Balaban J connectivity index is 1.71. The second-order valence-corrected chi connectivity index (χ2v) is 6.50. The molecule has 5 heteroatoms. The van der Waals surface area contributed by atoms with Crippen LogP contribution in [-0.4, -0.2) is 42.7 Å². The van der Waals surface area contributed by atoms with Crippen molar-refractivity contribution in [3.8, 4) is 0 Å². The van der Waals surface area contributed by atoms with Crippen molar-refractivity contribution >= 4 is 5.96 Å². The molecule has 0 bridgehead atoms. The molecular formula is C20H30N4O. The molecule has 0 radical (unpaired) electrons. The van der Waals surface area contributed by atoms with Gasteiger partial charge in [-0.25, -0.2) is 0 Å². The number of rotatable bonds is 8. The fourth-order valence-electron chi connectivity index (χ4n) is 2.64. The standard InChI is InChI=1S/C20H30N4O/c1-17(15-25-16-18-9-6-5-7-10-18)13-22-20(21-2)24(4)14-19-11-8-12-23(19)3/h5-12,17H,13-16H2,1-4H3,(H,21,22). The Morgan fingerprint density at radius 1 is 1.24 bits per heavy atom. The number of aromatic nitrogens is 1. The van der Waals surface area contributed by atoms with Crippen LogP contribution < -0.4 is 5.32 Å². The number of aryl methyl sites for hydroxylation is 1. The van der Waals surface area contributed by atoms with Gasteiger partial charge in [0.05, 0.1) is 19.8 Å². The molecule has 0 amide bonds. The zero-order valence-corrected chi connectivity index (χ0v) is 15.8. The molecule has 25 heavy (non-hydrogen) atoms. The van der Waals surface area contributed by atoms with Crippen LogP contribution in [0.1, 0.15) is 18.2 Å². The minimum atomic E-state index is 0.406. The molecule has 1 heterocycles. The van der Waals surface area contributed by atoms with Gasteiger partial charge in [0.1, 0.15) is 0 Å². The third-order valence-corrected chi connectivity index (χ3v) is 4.15. The average molecular weight is 342 g/mol. The van der Waals surface area contributed by atoms with Gasteiger partial charge in [0.25, 0.3) is 0 Å². The molecule has 0 saturated heterocycles. The lowest BCUT2D eigenvalue weighted by Gasteiger charge is -2.24. The summed E-state index contributed by atoms with van der Waals surface area (Å²) in [6.45, 7) is 5.22. The Morgan fingerprint density at radius 2 is 2.00 bits per heavy atom. The maximum Gasteiger partial charge on any atom is 0.193 e. The lowest BCUT2D eigenvalue weighted by atomic mass is 10.2. The molecule has 1 aromatic carbocycles. The van der Waals surface area contributed by atoms with Crippen LogP contribution in [0.2, 0.25) is 0 Å². The predicted octanol–water partition coefficient (Wildman–Crippen LogP) is 2.89. The molecule has 136 valence electrons. The van der Waals surface area contributed by atoms with Crippen molar-refractivity contribution in [3.05, 3.63) is 59.9 Å². The number of nitrogens with zero attached hydrogens (tertiary/aromatic N) is 3. The highest BCUT2D eigenvalue weighted by Crippen LogP contribution is 2.05. The summed E-state index contributed by atoms with van der Waals surface area (Å²) in [6, 6.07) is 14.5. The molecule has 0 spiro atoms. The Morgan fingerprint density at radius 3 is 2.64 bits per heavy atom. The van der Waals surface area contributed by atoms with E-state index in [0.29, 0.717) is 12.5 Å². The molecule has 1 aromatic heterocycles. The van der Waals surface area contributed by atoms with Gasteiger partial charge in [-0.3, -0.25) is 4.99 Å². The highest BCUT2D eigenvalue weighted by molar-refractivity contribution is 5.79. The van der Waals surface area contributed by atoms with Crippen molar-refractivity contribution in [2.24, 2.45) is 18.0 Å². The smallest absolute Gasteiger partial charge is 0.193 e. The van der Waals surface area contributed by atoms with Gasteiger partial charge < -0.3 is 19.5 Å². The second kappa shape index (κ2) is 9.89. The van der Waals surface area contributed by atoms with Crippen LogP contribution in [0.4, 0.5) is 0 Å². The molecule has 5 nitrogen and oxygen atoms in total. The molecule has 2 aromatic rings. The summed E-state index contributed by atoms with van der Waals surface area (Å²) in [5, 5.41) is 3.44. The van der Waals surface area contributed by atoms with Crippen LogP contribution in [0.3, 0.4) is 0 Å². The number of hydrogen-bond donors (Lipinski definition) is 1. The van der Waals surface area contributed by atoms with Crippen molar-refractivity contribution in [2.45, 2.75) is 20.1 Å². The minimum Gasteiger partial charge on any atom is -0.376 e. The Labute approximate surface area is 151 Å². The Kier molecular flexibility index (Phi) is 7.54. The quantitative estimate of drug-likeness (QED) is 0.592. The van der Waals surface area contributed by atoms with E-state index in [0.717, 1.165) is 25.7 Å². The van der Waals surface area contributed by atoms with E-state index in [1.165, 1.54) is 11.3 Å². The van der Waals surface area contributed by atoms with Gasteiger partial charge in [-0.15, -0.1) is 0 Å². The zero-order chi connectivity index (χ0) is 18.1. The molecular weight excluding hydrogens is 312 g/mol. The summed E-state index contributed by atoms with van der Waals surface area (Å²) in [5.74, 6) is 1.31. The van der Waals surface area contributed by atoms with Gasteiger partial charge >= 0.3 is 0 Å². The summed E-state index contributed by atoms with van der Waals surface area (Å²) < 4.78 is 7.94. The number of hydrogen-bond acceptors (Lipinski definition) is 2. The maximum absolute atomic E-state index is 5.81. The molecule has 1 N–H and O–H groups in total. The third kappa shape index (κ3) is 6.27. The lowest BCUT2D eigenvalue weighted by molar-refractivity contribution is 0.0929. The molecule has 0 aliphatic carbocycles. The topological polar surface area (TPSA) is 41.8 Å². The molecule has 1 unspecified atom stereocenters. The lowest BCUT2D eigenvalue weighted by Crippen LogP contribution is -2.41. The summed E-state index contributed by atoms with van der Waals surface area (Å²) in [7, 11) is 5.94. The fraction of sp³-hybridized carbons (Fsp3) is 0.450. The first-order valence-electron chi connectivity index (χ1n) is 8.73. The molecule has 2 rings (SSSR count). The molecule has 0 aliphatic heterocycles. The first kappa shape index (κ1) is 19.1.